The number of nitrogens with one attached hydrogen (secondary N) is 1. The van der Waals surface area contributed by atoms with Crippen molar-refractivity contribution in [3.05, 3.63) is 82.9 Å². The van der Waals surface area contributed by atoms with Gasteiger partial charge >= 0.3 is 0 Å². The summed E-state index contributed by atoms with van der Waals surface area (Å²) in [6.45, 7) is 2.54. The van der Waals surface area contributed by atoms with Crippen molar-refractivity contribution in [1.29, 1.82) is 0 Å². The van der Waals surface area contributed by atoms with Gasteiger partial charge in [0.1, 0.15) is 12.7 Å². The normalized spacial score (nSPS) is 11.9. The van der Waals surface area contributed by atoms with E-state index in [2.05, 4.69) is 15.4 Å². The summed E-state index contributed by atoms with van der Waals surface area (Å²) < 4.78 is 1.75. The van der Waals surface area contributed by atoms with Gasteiger partial charge in [0.05, 0.1) is 16.6 Å². The second kappa shape index (κ2) is 7.94. The molecule has 6 heteroatoms. The molecule has 0 spiro atoms. The molecule has 0 radical (unpaired) electrons. The molecule has 1 unspecified atom stereocenters. The van der Waals surface area contributed by atoms with Crippen LogP contribution in [0, 0.1) is 6.92 Å². The highest BCUT2D eigenvalue weighted by atomic mass is 35.5. The number of hydrogen-bond donors (Lipinski definition) is 1. The molecule has 1 amide bonds. The topological polar surface area (TPSA) is 59.8 Å². The largest absolute Gasteiger partial charge is 0.345 e. The number of hydrogen-bond acceptors (Lipinski definition) is 3. The summed E-state index contributed by atoms with van der Waals surface area (Å²) >= 11 is 6.23. The minimum absolute atomic E-state index is 0.145. The molecule has 128 valence electrons. The maximum Gasteiger partial charge on any atom is 0.253 e. The highest BCUT2D eigenvalue weighted by Gasteiger charge is 2.19. The first-order valence-corrected chi connectivity index (χ1v) is 8.46. The smallest absolute Gasteiger partial charge is 0.253 e. The van der Waals surface area contributed by atoms with Gasteiger partial charge in [0, 0.05) is 6.54 Å². The standard InChI is InChI=1S/C19H19ClN4O/c1-14-6-5-9-16(20)18(14)19(25)23-17(15-7-3-2-4-8-15)10-11-24-13-21-12-22-24/h2-9,12-13,17H,10-11H2,1H3,(H,23,25). The van der Waals surface area contributed by atoms with E-state index in [1.165, 1.54) is 6.33 Å². The van der Waals surface area contributed by atoms with Gasteiger partial charge in [-0.3, -0.25) is 9.48 Å². The molecule has 0 fully saturated rings. The zero-order valence-electron chi connectivity index (χ0n) is 13.9. The van der Waals surface area contributed by atoms with Crippen molar-refractivity contribution in [3.8, 4) is 0 Å². The Kier molecular flexibility index (Phi) is 5.46. The van der Waals surface area contributed by atoms with Crippen molar-refractivity contribution in [2.24, 2.45) is 0 Å². The van der Waals surface area contributed by atoms with Crippen molar-refractivity contribution >= 4 is 17.5 Å². The maximum atomic E-state index is 12.8. The molecular weight excluding hydrogens is 336 g/mol. The number of aryl methyl sites for hydroxylation is 2. The summed E-state index contributed by atoms with van der Waals surface area (Å²) in [7, 11) is 0. The number of rotatable bonds is 6. The van der Waals surface area contributed by atoms with Crippen LogP contribution in [0.5, 0.6) is 0 Å². The summed E-state index contributed by atoms with van der Waals surface area (Å²) in [5.41, 5.74) is 2.42. The Hall–Kier alpha value is -2.66. The molecule has 2 aromatic carbocycles. The Balaban J connectivity index is 1.80. The minimum Gasteiger partial charge on any atom is -0.345 e. The van der Waals surface area contributed by atoms with Gasteiger partial charge in [-0.2, -0.15) is 5.10 Å². The molecular formula is C19H19ClN4O. The van der Waals surface area contributed by atoms with Gasteiger partial charge in [0.25, 0.3) is 5.91 Å². The van der Waals surface area contributed by atoms with E-state index in [0.29, 0.717) is 23.6 Å². The average Bonchev–Trinajstić information content (AvgIpc) is 3.12. The van der Waals surface area contributed by atoms with Crippen LogP contribution in [0.1, 0.15) is 33.9 Å². The lowest BCUT2D eigenvalue weighted by Crippen LogP contribution is -2.30. The highest BCUT2D eigenvalue weighted by Crippen LogP contribution is 2.23. The summed E-state index contributed by atoms with van der Waals surface area (Å²) in [6.07, 6.45) is 3.87. The third kappa shape index (κ3) is 4.25. The molecule has 5 nitrogen and oxygen atoms in total. The van der Waals surface area contributed by atoms with E-state index in [1.54, 1.807) is 17.1 Å². The Labute approximate surface area is 151 Å². The number of amides is 1. The predicted octanol–water partition coefficient (Wildman–Crippen LogP) is 3.80. The van der Waals surface area contributed by atoms with E-state index in [0.717, 1.165) is 11.1 Å². The number of carbonyl (C=O) groups is 1. The van der Waals surface area contributed by atoms with Crippen LogP contribution in [0.15, 0.2) is 61.2 Å². The molecule has 0 saturated heterocycles. The fraction of sp³-hybridized carbons (Fsp3) is 0.211. The lowest BCUT2D eigenvalue weighted by atomic mass is 10.0. The molecule has 0 aliphatic carbocycles. The van der Waals surface area contributed by atoms with Crippen molar-refractivity contribution in [3.63, 3.8) is 0 Å². The highest BCUT2D eigenvalue weighted by molar-refractivity contribution is 6.34. The summed E-state index contributed by atoms with van der Waals surface area (Å²) in [5, 5.41) is 7.69. The second-order valence-electron chi connectivity index (χ2n) is 5.82. The van der Waals surface area contributed by atoms with E-state index in [9.17, 15) is 4.79 Å². The molecule has 0 aliphatic rings. The van der Waals surface area contributed by atoms with Gasteiger partial charge in [-0.15, -0.1) is 0 Å². The van der Waals surface area contributed by atoms with Crippen LogP contribution in [0.25, 0.3) is 0 Å². The monoisotopic (exact) mass is 354 g/mol. The van der Waals surface area contributed by atoms with Crippen molar-refractivity contribution < 1.29 is 4.79 Å². The summed E-state index contributed by atoms with van der Waals surface area (Å²) in [6, 6.07) is 15.2. The number of benzene rings is 2. The fourth-order valence-corrected chi connectivity index (χ4v) is 3.07. The first kappa shape index (κ1) is 17.2. The van der Waals surface area contributed by atoms with Crippen LogP contribution in [0.4, 0.5) is 0 Å². The Morgan fingerprint density at radius 2 is 2.00 bits per heavy atom. The Bertz CT molecular complexity index is 814. The van der Waals surface area contributed by atoms with Crippen LogP contribution in [-0.2, 0) is 6.54 Å². The number of halogens is 1. The third-order valence-corrected chi connectivity index (χ3v) is 4.38. The maximum absolute atomic E-state index is 12.8. The van der Waals surface area contributed by atoms with E-state index in [1.807, 2.05) is 49.4 Å². The molecule has 3 rings (SSSR count). The number of carbonyl (C=O) groups excluding carboxylic acids is 1. The molecule has 1 aromatic heterocycles. The first-order chi connectivity index (χ1) is 12.1. The van der Waals surface area contributed by atoms with Crippen LogP contribution in [-0.4, -0.2) is 20.7 Å². The number of nitrogens with zero attached hydrogens (tertiary/aromatic N) is 3. The fourth-order valence-electron chi connectivity index (χ4n) is 2.77. The molecule has 1 atom stereocenters. The molecule has 0 bridgehead atoms. The van der Waals surface area contributed by atoms with E-state index < -0.39 is 0 Å². The van der Waals surface area contributed by atoms with E-state index >= 15 is 0 Å². The van der Waals surface area contributed by atoms with Crippen LogP contribution in [0.2, 0.25) is 5.02 Å². The van der Waals surface area contributed by atoms with Crippen molar-refractivity contribution in [1.82, 2.24) is 20.1 Å². The van der Waals surface area contributed by atoms with Crippen molar-refractivity contribution in [2.75, 3.05) is 0 Å². The minimum atomic E-state index is -0.171. The zero-order chi connectivity index (χ0) is 17.6. The first-order valence-electron chi connectivity index (χ1n) is 8.08. The molecule has 0 aliphatic heterocycles. The SMILES string of the molecule is Cc1cccc(Cl)c1C(=O)NC(CCn1cncn1)c1ccccc1. The van der Waals surface area contributed by atoms with Crippen LogP contribution >= 0.6 is 11.6 Å². The van der Waals surface area contributed by atoms with Crippen LogP contribution < -0.4 is 5.32 Å². The lowest BCUT2D eigenvalue weighted by Gasteiger charge is -2.20. The molecule has 1 heterocycles. The van der Waals surface area contributed by atoms with Crippen LogP contribution in [0.3, 0.4) is 0 Å². The quantitative estimate of drug-likeness (QED) is 0.732. The molecule has 3 aromatic rings. The number of aromatic nitrogens is 3. The van der Waals surface area contributed by atoms with Gasteiger partial charge in [0.15, 0.2) is 0 Å². The zero-order valence-corrected chi connectivity index (χ0v) is 14.6. The van der Waals surface area contributed by atoms with Gasteiger partial charge in [-0.25, -0.2) is 4.98 Å². The Morgan fingerprint density at radius 1 is 1.20 bits per heavy atom. The van der Waals surface area contributed by atoms with Gasteiger partial charge in [-0.05, 0) is 30.5 Å². The Morgan fingerprint density at radius 3 is 2.68 bits per heavy atom. The van der Waals surface area contributed by atoms with E-state index in [-0.39, 0.29) is 11.9 Å². The van der Waals surface area contributed by atoms with Gasteiger partial charge in [0.2, 0.25) is 0 Å². The predicted molar refractivity (Wildman–Crippen MR) is 97.5 cm³/mol. The summed E-state index contributed by atoms with van der Waals surface area (Å²) in [5.74, 6) is -0.171. The second-order valence-corrected chi connectivity index (χ2v) is 6.22. The molecule has 25 heavy (non-hydrogen) atoms. The van der Waals surface area contributed by atoms with Crippen molar-refractivity contribution in [2.45, 2.75) is 25.9 Å². The average molecular weight is 355 g/mol. The van der Waals surface area contributed by atoms with Gasteiger partial charge in [-0.1, -0.05) is 54.1 Å². The molecule has 1 N–H and O–H groups in total. The van der Waals surface area contributed by atoms with Gasteiger partial charge < -0.3 is 5.32 Å². The summed E-state index contributed by atoms with van der Waals surface area (Å²) in [4.78, 5) is 16.8. The third-order valence-electron chi connectivity index (χ3n) is 4.07. The lowest BCUT2D eigenvalue weighted by molar-refractivity contribution is 0.0933. The van der Waals surface area contributed by atoms with E-state index in [4.69, 9.17) is 11.6 Å². The molecule has 0 saturated carbocycles.